The monoisotopic (exact) mass is 747 g/mol. The van der Waals surface area contributed by atoms with E-state index >= 15 is 0 Å². The van der Waals surface area contributed by atoms with Crippen LogP contribution in [0.3, 0.4) is 0 Å². The Morgan fingerprint density at radius 2 is 1.76 bits per heavy atom. The number of carbonyl (C=O) groups is 1. The molecule has 5 aromatic rings. The van der Waals surface area contributed by atoms with Crippen LogP contribution in [0.2, 0.25) is 0 Å². The number of hydrogen-bond acceptors (Lipinski definition) is 6. The number of para-hydroxylation sites is 1. The van der Waals surface area contributed by atoms with E-state index in [-0.39, 0.29) is 11.7 Å². The predicted octanol–water partition coefficient (Wildman–Crippen LogP) is 7.03. The number of halogens is 2. The Balaban J connectivity index is 1.57. The van der Waals surface area contributed by atoms with Crippen molar-refractivity contribution >= 4 is 66.1 Å². The van der Waals surface area contributed by atoms with E-state index in [0.29, 0.717) is 38.5 Å². The van der Waals surface area contributed by atoms with E-state index in [4.69, 9.17) is 14.5 Å². The molecule has 1 aliphatic rings. The highest BCUT2D eigenvalue weighted by molar-refractivity contribution is 9.10. The number of carbonyl (C=O) groups excluding carboxylic acids is 1. The molecule has 230 valence electrons. The molecule has 0 amide bonds. The van der Waals surface area contributed by atoms with Gasteiger partial charge in [0, 0.05) is 43.2 Å². The van der Waals surface area contributed by atoms with Crippen LogP contribution in [0.15, 0.2) is 96.7 Å². The zero-order valence-electron chi connectivity index (χ0n) is 25.4. The van der Waals surface area contributed by atoms with Gasteiger partial charge in [-0.1, -0.05) is 73.5 Å². The van der Waals surface area contributed by atoms with Crippen molar-refractivity contribution in [2.24, 2.45) is 4.99 Å². The van der Waals surface area contributed by atoms with Gasteiger partial charge < -0.3 is 14.0 Å². The largest absolute Gasteiger partial charge is 0.496 e. The minimum atomic E-state index is -0.790. The molecule has 0 fully saturated rings. The van der Waals surface area contributed by atoms with Crippen LogP contribution >= 0.6 is 43.2 Å². The normalized spacial score (nSPS) is 15.0. The highest BCUT2D eigenvalue weighted by Crippen LogP contribution is 2.37. The molecule has 1 aliphatic heterocycles. The van der Waals surface area contributed by atoms with Crippen LogP contribution < -0.4 is 19.6 Å². The van der Waals surface area contributed by atoms with Gasteiger partial charge in [-0.05, 0) is 75.7 Å². The Bertz CT molecular complexity index is 2180. The van der Waals surface area contributed by atoms with Crippen molar-refractivity contribution < 1.29 is 14.3 Å². The summed E-state index contributed by atoms with van der Waals surface area (Å²) in [6, 6.07) is 21.3. The molecule has 3 heterocycles. The lowest BCUT2D eigenvalue weighted by atomic mass is 9.95. The summed E-state index contributed by atoms with van der Waals surface area (Å²) in [5.74, 6) is 0.0357. The van der Waals surface area contributed by atoms with Gasteiger partial charge in [0.1, 0.15) is 11.8 Å². The van der Waals surface area contributed by atoms with Crippen molar-refractivity contribution in [3.8, 4) is 5.75 Å². The number of allylic oxidation sites excluding steroid dienone is 1. The van der Waals surface area contributed by atoms with Gasteiger partial charge in [-0.25, -0.2) is 9.79 Å². The Labute approximate surface area is 281 Å². The Hall–Kier alpha value is -3.73. The van der Waals surface area contributed by atoms with Gasteiger partial charge in [0.25, 0.3) is 5.56 Å². The third-order valence-corrected chi connectivity index (χ3v) is 9.88. The molecule has 0 N–H and O–H groups in total. The standard InChI is InChI=1S/C35H31Br2N3O4S/c1-19(2)44-34(42)31-20(3)38-35-40(32(31)27-16-24(37)14-15-29(27)43-5)33(41)30(45-35)17-26-21(4)39(28-9-7-6-8-25(26)28)18-22-10-12-23(36)13-11-22/h6-17,19,32H,18H2,1-5H3/b30-17-/t32-/m1/s1. The summed E-state index contributed by atoms with van der Waals surface area (Å²) < 4.78 is 17.6. The van der Waals surface area contributed by atoms with Gasteiger partial charge in [0.15, 0.2) is 4.80 Å². The summed E-state index contributed by atoms with van der Waals surface area (Å²) in [4.78, 5) is 33.2. The van der Waals surface area contributed by atoms with E-state index in [9.17, 15) is 9.59 Å². The summed E-state index contributed by atoms with van der Waals surface area (Å²) in [5.41, 5.74) is 5.51. The zero-order valence-corrected chi connectivity index (χ0v) is 29.4. The summed E-state index contributed by atoms with van der Waals surface area (Å²) >= 11 is 8.40. The topological polar surface area (TPSA) is 74.8 Å². The predicted molar refractivity (Wildman–Crippen MR) is 186 cm³/mol. The van der Waals surface area contributed by atoms with Crippen LogP contribution in [0.5, 0.6) is 5.75 Å². The molecule has 0 spiro atoms. The Morgan fingerprint density at radius 3 is 2.47 bits per heavy atom. The van der Waals surface area contributed by atoms with Crippen molar-refractivity contribution in [2.75, 3.05) is 7.11 Å². The zero-order chi connectivity index (χ0) is 32.0. The number of fused-ring (bicyclic) bond motifs is 2. The minimum absolute atomic E-state index is 0.239. The van der Waals surface area contributed by atoms with Gasteiger partial charge in [-0.2, -0.15) is 0 Å². The molecule has 45 heavy (non-hydrogen) atoms. The van der Waals surface area contributed by atoms with Crippen molar-refractivity contribution in [1.82, 2.24) is 9.13 Å². The molecule has 3 aromatic carbocycles. The Kier molecular flexibility index (Phi) is 8.74. The lowest BCUT2D eigenvalue weighted by Crippen LogP contribution is -2.40. The number of hydrogen-bond donors (Lipinski definition) is 0. The van der Waals surface area contributed by atoms with Crippen LogP contribution in [0.25, 0.3) is 17.0 Å². The number of nitrogens with zero attached hydrogens (tertiary/aromatic N) is 3. The first-order chi connectivity index (χ1) is 21.6. The van der Waals surface area contributed by atoms with E-state index < -0.39 is 12.0 Å². The van der Waals surface area contributed by atoms with Crippen molar-refractivity contribution in [3.63, 3.8) is 0 Å². The van der Waals surface area contributed by atoms with Crippen LogP contribution in [0.1, 0.15) is 49.2 Å². The highest BCUT2D eigenvalue weighted by Gasteiger charge is 2.35. The number of methoxy groups -OCH3 is 1. The first kappa shape index (κ1) is 31.3. The van der Waals surface area contributed by atoms with Gasteiger partial charge in [0.05, 0.1) is 29.0 Å². The second-order valence-electron chi connectivity index (χ2n) is 11.2. The first-order valence-corrected chi connectivity index (χ1v) is 16.9. The second-order valence-corrected chi connectivity index (χ2v) is 14.0. The maximum absolute atomic E-state index is 14.4. The SMILES string of the molecule is COc1ccc(Br)cc1[C@@H]1C(C(=O)OC(C)C)=C(C)N=c2s/c(=C\c3c(C)n(Cc4ccc(Br)cc4)c4ccccc34)c(=O)n21. The first-order valence-electron chi connectivity index (χ1n) is 14.5. The quantitative estimate of drug-likeness (QED) is 0.168. The Morgan fingerprint density at radius 1 is 1.04 bits per heavy atom. The van der Waals surface area contributed by atoms with Crippen LogP contribution in [-0.4, -0.2) is 28.3 Å². The maximum atomic E-state index is 14.4. The molecule has 10 heteroatoms. The highest BCUT2D eigenvalue weighted by atomic mass is 79.9. The van der Waals surface area contributed by atoms with Crippen LogP contribution in [0.4, 0.5) is 0 Å². The number of aromatic nitrogens is 2. The minimum Gasteiger partial charge on any atom is -0.496 e. The van der Waals surface area contributed by atoms with Gasteiger partial charge in [0.2, 0.25) is 0 Å². The van der Waals surface area contributed by atoms with E-state index in [1.165, 1.54) is 16.9 Å². The summed E-state index contributed by atoms with van der Waals surface area (Å²) in [5, 5.41) is 1.06. The summed E-state index contributed by atoms with van der Waals surface area (Å²) in [7, 11) is 1.58. The molecule has 0 saturated heterocycles. The lowest BCUT2D eigenvalue weighted by Gasteiger charge is -2.26. The van der Waals surface area contributed by atoms with E-state index in [2.05, 4.69) is 67.6 Å². The van der Waals surface area contributed by atoms with E-state index in [1.807, 2.05) is 48.5 Å². The smallest absolute Gasteiger partial charge is 0.338 e. The molecule has 0 bridgehead atoms. The molecule has 7 nitrogen and oxygen atoms in total. The molecule has 1 atom stereocenters. The van der Waals surface area contributed by atoms with Gasteiger partial charge in [-0.3, -0.25) is 9.36 Å². The fraction of sp³-hybridized carbons (Fsp3) is 0.229. The number of benzene rings is 3. The van der Waals surface area contributed by atoms with Gasteiger partial charge >= 0.3 is 5.97 Å². The summed E-state index contributed by atoms with van der Waals surface area (Å²) in [6.45, 7) is 8.16. The third-order valence-electron chi connectivity index (χ3n) is 7.88. The average molecular weight is 750 g/mol. The molecular weight excluding hydrogens is 718 g/mol. The van der Waals surface area contributed by atoms with E-state index in [1.54, 1.807) is 32.4 Å². The van der Waals surface area contributed by atoms with Crippen molar-refractivity contribution in [2.45, 2.75) is 46.4 Å². The lowest BCUT2D eigenvalue weighted by molar-refractivity contribution is -0.143. The van der Waals surface area contributed by atoms with Crippen LogP contribution in [0, 0.1) is 6.92 Å². The molecule has 2 aromatic heterocycles. The van der Waals surface area contributed by atoms with Gasteiger partial charge in [-0.15, -0.1) is 0 Å². The summed E-state index contributed by atoms with van der Waals surface area (Å²) in [6.07, 6.45) is 1.62. The molecular formula is C35H31Br2N3O4S. The number of rotatable bonds is 7. The fourth-order valence-electron chi connectivity index (χ4n) is 5.82. The molecule has 0 saturated carbocycles. The fourth-order valence-corrected chi connectivity index (χ4v) is 7.49. The maximum Gasteiger partial charge on any atom is 0.338 e. The van der Waals surface area contributed by atoms with E-state index in [0.717, 1.165) is 31.1 Å². The second kappa shape index (κ2) is 12.6. The molecule has 0 unspecified atom stereocenters. The molecule has 0 aliphatic carbocycles. The number of ether oxygens (including phenoxy) is 2. The van der Waals surface area contributed by atoms with Crippen molar-refractivity contribution in [3.05, 3.63) is 129 Å². The number of esters is 1. The third kappa shape index (κ3) is 5.87. The molecule has 6 rings (SSSR count). The van der Waals surface area contributed by atoms with Crippen LogP contribution in [-0.2, 0) is 16.1 Å². The molecule has 0 radical (unpaired) electrons. The average Bonchev–Trinajstić information content (AvgIpc) is 3.45. The van der Waals surface area contributed by atoms with Crippen molar-refractivity contribution in [1.29, 1.82) is 0 Å². The number of thiazole rings is 1.